The molecule has 1 amide bonds. The first kappa shape index (κ1) is 18.0. The number of nitriles is 1. The highest BCUT2D eigenvalue weighted by atomic mass is 32.1. The third kappa shape index (κ3) is 3.30. The highest BCUT2D eigenvalue weighted by molar-refractivity contribution is 7.16. The maximum Gasteiger partial charge on any atom is 0.342 e. The van der Waals surface area contributed by atoms with Crippen molar-refractivity contribution in [3.63, 3.8) is 0 Å². The summed E-state index contributed by atoms with van der Waals surface area (Å²) in [4.78, 5) is 25.6. The Labute approximate surface area is 165 Å². The Morgan fingerprint density at radius 2 is 1.96 bits per heavy atom. The molecule has 1 aromatic heterocycles. The van der Waals surface area contributed by atoms with Gasteiger partial charge in [0.05, 0.1) is 5.56 Å². The number of nitrogens with zero attached hydrogens (tertiary/aromatic N) is 1. The van der Waals surface area contributed by atoms with Crippen molar-refractivity contribution in [1.82, 2.24) is 0 Å². The summed E-state index contributed by atoms with van der Waals surface area (Å²) in [5.74, 6) is -1.51. The smallest absolute Gasteiger partial charge is 0.342 e. The maximum absolute atomic E-state index is 12.3. The molecule has 0 aliphatic heterocycles. The van der Waals surface area contributed by atoms with Gasteiger partial charge in [0.25, 0.3) is 5.91 Å². The van der Waals surface area contributed by atoms with Crippen LogP contribution in [0.2, 0.25) is 0 Å². The SMILES string of the molecule is N#Cc1c(NC(=O)COC(=O)c2cc3ccccc3cc2O)sc2c1CCC2. The van der Waals surface area contributed by atoms with Gasteiger partial charge < -0.3 is 15.2 Å². The highest BCUT2D eigenvalue weighted by Gasteiger charge is 2.23. The number of fused-ring (bicyclic) bond motifs is 2. The molecule has 140 valence electrons. The molecule has 0 spiro atoms. The number of benzene rings is 2. The Balaban J connectivity index is 1.44. The van der Waals surface area contributed by atoms with Crippen molar-refractivity contribution in [2.75, 3.05) is 11.9 Å². The van der Waals surface area contributed by atoms with E-state index >= 15 is 0 Å². The Bertz CT molecular complexity index is 1140. The van der Waals surface area contributed by atoms with Crippen molar-refractivity contribution in [2.24, 2.45) is 0 Å². The number of thiophene rings is 1. The quantitative estimate of drug-likeness (QED) is 0.659. The number of esters is 1. The lowest BCUT2D eigenvalue weighted by Gasteiger charge is -2.08. The van der Waals surface area contributed by atoms with E-state index in [4.69, 9.17) is 4.74 Å². The summed E-state index contributed by atoms with van der Waals surface area (Å²) >= 11 is 1.40. The molecule has 0 unspecified atom stereocenters. The second-order valence-electron chi connectivity index (χ2n) is 6.51. The molecule has 6 nitrogen and oxygen atoms in total. The topological polar surface area (TPSA) is 99.4 Å². The zero-order chi connectivity index (χ0) is 19.7. The number of anilines is 1. The Morgan fingerprint density at radius 1 is 1.21 bits per heavy atom. The first-order valence-electron chi connectivity index (χ1n) is 8.80. The fourth-order valence-corrected chi connectivity index (χ4v) is 4.63. The summed E-state index contributed by atoms with van der Waals surface area (Å²) in [6, 6.07) is 12.5. The minimum Gasteiger partial charge on any atom is -0.507 e. The summed E-state index contributed by atoms with van der Waals surface area (Å²) in [7, 11) is 0. The largest absolute Gasteiger partial charge is 0.507 e. The van der Waals surface area contributed by atoms with Crippen LogP contribution in [-0.4, -0.2) is 23.6 Å². The number of phenolic OH excluding ortho intramolecular Hbond substituents is 1. The van der Waals surface area contributed by atoms with E-state index in [1.54, 1.807) is 0 Å². The number of ether oxygens (including phenoxy) is 1. The molecule has 2 aromatic carbocycles. The van der Waals surface area contributed by atoms with E-state index in [0.717, 1.165) is 40.5 Å². The number of aromatic hydroxyl groups is 1. The molecule has 0 saturated carbocycles. The number of rotatable bonds is 4. The third-order valence-corrected chi connectivity index (χ3v) is 5.91. The number of amides is 1. The normalized spacial score (nSPS) is 12.4. The van der Waals surface area contributed by atoms with Gasteiger partial charge in [0, 0.05) is 4.88 Å². The lowest BCUT2D eigenvalue weighted by molar-refractivity contribution is -0.119. The van der Waals surface area contributed by atoms with Crippen LogP contribution in [0, 0.1) is 11.3 Å². The average Bonchev–Trinajstić information content (AvgIpc) is 3.26. The minimum absolute atomic E-state index is 0.000635. The highest BCUT2D eigenvalue weighted by Crippen LogP contribution is 2.38. The van der Waals surface area contributed by atoms with Gasteiger partial charge in [-0.05, 0) is 47.7 Å². The van der Waals surface area contributed by atoms with Crippen molar-refractivity contribution in [2.45, 2.75) is 19.3 Å². The van der Waals surface area contributed by atoms with E-state index in [1.807, 2.05) is 24.3 Å². The summed E-state index contributed by atoms with van der Waals surface area (Å²) in [6.07, 6.45) is 2.79. The first-order valence-corrected chi connectivity index (χ1v) is 9.62. The Morgan fingerprint density at radius 3 is 2.71 bits per heavy atom. The predicted octanol–water partition coefficient (Wildman–Crippen LogP) is 3.76. The lowest BCUT2D eigenvalue weighted by atomic mass is 10.1. The van der Waals surface area contributed by atoms with Crippen LogP contribution < -0.4 is 5.32 Å². The van der Waals surface area contributed by atoms with Crippen LogP contribution in [0.4, 0.5) is 5.00 Å². The fourth-order valence-electron chi connectivity index (χ4n) is 3.37. The second-order valence-corrected chi connectivity index (χ2v) is 7.62. The third-order valence-electron chi connectivity index (χ3n) is 4.70. The zero-order valence-corrected chi connectivity index (χ0v) is 15.6. The molecule has 2 N–H and O–H groups in total. The summed E-state index contributed by atoms with van der Waals surface area (Å²) in [5, 5.41) is 24.2. The van der Waals surface area contributed by atoms with E-state index in [2.05, 4.69) is 11.4 Å². The van der Waals surface area contributed by atoms with Gasteiger partial charge >= 0.3 is 5.97 Å². The van der Waals surface area contributed by atoms with E-state index in [9.17, 15) is 20.0 Å². The molecule has 0 saturated heterocycles. The molecular formula is C21H16N2O4S. The molecule has 7 heteroatoms. The van der Waals surface area contributed by atoms with Gasteiger partial charge in [0.15, 0.2) is 6.61 Å². The molecule has 4 rings (SSSR count). The minimum atomic E-state index is -0.785. The van der Waals surface area contributed by atoms with E-state index in [-0.39, 0.29) is 11.3 Å². The van der Waals surface area contributed by atoms with Gasteiger partial charge in [0.1, 0.15) is 22.4 Å². The number of hydrogen-bond acceptors (Lipinski definition) is 6. The summed E-state index contributed by atoms with van der Waals surface area (Å²) < 4.78 is 5.05. The van der Waals surface area contributed by atoms with Crippen LogP contribution in [0.1, 0.15) is 32.8 Å². The fraction of sp³-hybridized carbons (Fsp3) is 0.190. The lowest BCUT2D eigenvalue weighted by Crippen LogP contribution is -2.21. The van der Waals surface area contributed by atoms with Crippen LogP contribution in [0.25, 0.3) is 10.8 Å². The molecule has 0 bridgehead atoms. The van der Waals surface area contributed by atoms with Gasteiger partial charge in [-0.3, -0.25) is 4.79 Å². The molecular weight excluding hydrogens is 376 g/mol. The molecule has 1 aliphatic rings. The Hall–Kier alpha value is -3.37. The van der Waals surface area contributed by atoms with Gasteiger partial charge in [0.2, 0.25) is 0 Å². The van der Waals surface area contributed by atoms with Crippen molar-refractivity contribution >= 4 is 39.0 Å². The van der Waals surface area contributed by atoms with E-state index in [1.165, 1.54) is 23.5 Å². The van der Waals surface area contributed by atoms with Gasteiger partial charge in [-0.15, -0.1) is 11.3 Å². The van der Waals surface area contributed by atoms with Gasteiger partial charge in [-0.25, -0.2) is 4.79 Å². The number of hydrogen-bond donors (Lipinski definition) is 2. The number of nitrogens with one attached hydrogen (secondary N) is 1. The van der Waals surface area contributed by atoms with E-state index in [0.29, 0.717) is 10.6 Å². The van der Waals surface area contributed by atoms with Crippen LogP contribution in [0.5, 0.6) is 5.75 Å². The van der Waals surface area contributed by atoms with Crippen molar-refractivity contribution in [3.05, 3.63) is 58.0 Å². The van der Waals surface area contributed by atoms with Crippen LogP contribution in [0.3, 0.4) is 0 Å². The van der Waals surface area contributed by atoms with Crippen LogP contribution in [-0.2, 0) is 22.4 Å². The van der Waals surface area contributed by atoms with Gasteiger partial charge in [-0.1, -0.05) is 24.3 Å². The molecule has 0 radical (unpaired) electrons. The Kier molecular flexibility index (Phi) is 4.72. The maximum atomic E-state index is 12.3. The van der Waals surface area contributed by atoms with E-state index < -0.39 is 18.5 Å². The van der Waals surface area contributed by atoms with Gasteiger partial charge in [-0.2, -0.15) is 5.26 Å². The number of carbonyl (C=O) groups is 2. The predicted molar refractivity (Wildman–Crippen MR) is 106 cm³/mol. The van der Waals surface area contributed by atoms with Crippen LogP contribution >= 0.6 is 11.3 Å². The average molecular weight is 392 g/mol. The van der Waals surface area contributed by atoms with Crippen LogP contribution in [0.15, 0.2) is 36.4 Å². The number of aryl methyl sites for hydroxylation is 1. The van der Waals surface area contributed by atoms with Crippen molar-refractivity contribution < 1.29 is 19.4 Å². The molecule has 1 heterocycles. The first-order chi connectivity index (χ1) is 13.6. The summed E-state index contributed by atoms with van der Waals surface area (Å²) in [6.45, 7) is -0.501. The molecule has 1 aliphatic carbocycles. The standard InChI is InChI=1S/C21H16N2O4S/c22-10-16-14-6-3-7-18(14)28-20(16)23-19(25)11-27-21(26)15-8-12-4-1-2-5-13(12)9-17(15)24/h1-2,4-5,8-9,24H,3,6-7,11H2,(H,23,25). The molecule has 3 aromatic rings. The molecule has 0 fully saturated rings. The molecule has 0 atom stereocenters. The molecule has 28 heavy (non-hydrogen) atoms. The monoisotopic (exact) mass is 392 g/mol. The second kappa shape index (κ2) is 7.33. The summed E-state index contributed by atoms with van der Waals surface area (Å²) in [5.41, 5.74) is 1.52. The van der Waals surface area contributed by atoms with Crippen molar-refractivity contribution in [3.8, 4) is 11.8 Å². The number of carbonyl (C=O) groups excluding carboxylic acids is 2. The zero-order valence-electron chi connectivity index (χ0n) is 14.8. The van der Waals surface area contributed by atoms with Crippen molar-refractivity contribution in [1.29, 1.82) is 5.26 Å². The number of phenols is 1.